The molecule has 2 aromatic heterocycles. The molecule has 104 valence electrons. The van der Waals surface area contributed by atoms with E-state index in [9.17, 15) is 4.79 Å². The topological polar surface area (TPSA) is 68.0 Å². The fraction of sp³-hybridized carbons (Fsp3) is 0.286. The minimum absolute atomic E-state index is 0.0738. The summed E-state index contributed by atoms with van der Waals surface area (Å²) in [6, 6.07) is 1.79. The molecule has 0 radical (unpaired) electrons. The molecule has 0 aromatic carbocycles. The molecule has 0 unspecified atom stereocenters. The third-order valence-electron chi connectivity index (χ3n) is 2.47. The van der Waals surface area contributed by atoms with E-state index in [1.807, 2.05) is 17.7 Å². The molecule has 0 aliphatic carbocycles. The van der Waals surface area contributed by atoms with Gasteiger partial charge in [0.15, 0.2) is 0 Å². The molecule has 0 saturated carbocycles. The number of hydrogen-bond donors (Lipinski definition) is 2. The summed E-state index contributed by atoms with van der Waals surface area (Å²) in [5.41, 5.74) is 6.98. The maximum atomic E-state index is 11.9. The fourth-order valence-corrected chi connectivity index (χ4v) is 3.09. The molecule has 2 rings (SSSR count). The van der Waals surface area contributed by atoms with E-state index >= 15 is 0 Å². The summed E-state index contributed by atoms with van der Waals surface area (Å²) in [6.45, 7) is 2.88. The van der Waals surface area contributed by atoms with Crippen molar-refractivity contribution < 1.29 is 4.79 Å². The summed E-state index contributed by atoms with van der Waals surface area (Å²) in [5, 5.41) is 7.75. The molecule has 0 saturated heterocycles. The van der Waals surface area contributed by atoms with Gasteiger partial charge in [-0.2, -0.15) is 0 Å². The van der Waals surface area contributed by atoms with Crippen LogP contribution in [0.2, 0.25) is 0 Å². The van der Waals surface area contributed by atoms with Gasteiger partial charge < -0.3 is 11.1 Å². The minimum atomic E-state index is -0.0738. The van der Waals surface area contributed by atoms with Gasteiger partial charge in [0.2, 0.25) is 0 Å². The van der Waals surface area contributed by atoms with Gasteiger partial charge in [-0.25, -0.2) is 4.98 Å². The van der Waals surface area contributed by atoms with Gasteiger partial charge in [-0.1, -0.05) is 11.8 Å². The molecule has 0 bridgehead atoms. The van der Waals surface area contributed by atoms with Crippen molar-refractivity contribution in [2.45, 2.75) is 13.3 Å². The van der Waals surface area contributed by atoms with Crippen LogP contribution in [0.4, 0.5) is 0 Å². The number of amides is 1. The van der Waals surface area contributed by atoms with Crippen LogP contribution in [0.1, 0.15) is 25.9 Å². The first-order valence-corrected chi connectivity index (χ1v) is 7.91. The van der Waals surface area contributed by atoms with Crippen LogP contribution in [0.25, 0.3) is 0 Å². The maximum Gasteiger partial charge on any atom is 0.252 e. The van der Waals surface area contributed by atoms with E-state index in [0.29, 0.717) is 18.7 Å². The van der Waals surface area contributed by atoms with E-state index in [0.717, 1.165) is 22.0 Å². The second-order valence-electron chi connectivity index (χ2n) is 4.09. The molecule has 0 atom stereocenters. The van der Waals surface area contributed by atoms with Crippen molar-refractivity contribution in [3.63, 3.8) is 0 Å². The molecule has 3 N–H and O–H groups in total. The number of carbonyl (C=O) groups is 1. The van der Waals surface area contributed by atoms with Crippen LogP contribution in [-0.2, 0) is 6.42 Å². The Morgan fingerprint density at radius 2 is 2.30 bits per heavy atom. The molecule has 0 aliphatic rings. The molecule has 0 aliphatic heterocycles. The number of carbonyl (C=O) groups excluding carboxylic acids is 1. The van der Waals surface area contributed by atoms with Crippen LogP contribution in [0, 0.1) is 18.8 Å². The Morgan fingerprint density at radius 1 is 1.45 bits per heavy atom. The van der Waals surface area contributed by atoms with Crippen LogP contribution in [0.3, 0.4) is 0 Å². The van der Waals surface area contributed by atoms with Crippen LogP contribution in [-0.4, -0.2) is 24.0 Å². The normalized spacial score (nSPS) is 9.90. The Bertz CT molecular complexity index is 649. The number of nitrogens with one attached hydrogen (secondary N) is 1. The predicted molar refractivity (Wildman–Crippen MR) is 83.1 cm³/mol. The lowest BCUT2D eigenvalue weighted by molar-refractivity contribution is 0.0954. The molecular weight excluding hydrogens is 290 g/mol. The number of aromatic nitrogens is 1. The SMILES string of the molecule is Cc1csc(CCNC(=O)c2csc(C#CCN)c2)n1. The molecule has 4 nitrogen and oxygen atoms in total. The average molecular weight is 305 g/mol. The summed E-state index contributed by atoms with van der Waals surface area (Å²) < 4.78 is 0. The molecule has 6 heteroatoms. The highest BCUT2D eigenvalue weighted by molar-refractivity contribution is 7.10. The van der Waals surface area contributed by atoms with Crippen molar-refractivity contribution in [3.05, 3.63) is 38.0 Å². The standard InChI is InChI=1S/C14H15N3OS2/c1-10-8-20-13(17-10)4-6-16-14(18)11-7-12(19-9-11)3-2-5-15/h7-9H,4-6,15H2,1H3,(H,16,18). The zero-order chi connectivity index (χ0) is 14.4. The summed E-state index contributed by atoms with van der Waals surface area (Å²) in [4.78, 5) is 17.1. The molecule has 1 amide bonds. The van der Waals surface area contributed by atoms with Crippen molar-refractivity contribution in [2.75, 3.05) is 13.1 Å². The largest absolute Gasteiger partial charge is 0.352 e. The average Bonchev–Trinajstić information content (AvgIpc) is 3.05. The summed E-state index contributed by atoms with van der Waals surface area (Å²) >= 11 is 3.07. The number of rotatable bonds is 4. The Morgan fingerprint density at radius 3 is 3.00 bits per heavy atom. The van der Waals surface area contributed by atoms with E-state index in [-0.39, 0.29) is 5.91 Å². The van der Waals surface area contributed by atoms with E-state index in [2.05, 4.69) is 22.1 Å². The first-order chi connectivity index (χ1) is 9.69. The van der Waals surface area contributed by atoms with Gasteiger partial charge in [0.1, 0.15) is 0 Å². The highest BCUT2D eigenvalue weighted by Gasteiger charge is 2.08. The van der Waals surface area contributed by atoms with Gasteiger partial charge in [-0.15, -0.1) is 22.7 Å². The zero-order valence-corrected chi connectivity index (χ0v) is 12.7. The van der Waals surface area contributed by atoms with Crippen LogP contribution in [0.15, 0.2) is 16.8 Å². The van der Waals surface area contributed by atoms with Crippen molar-refractivity contribution in [3.8, 4) is 11.8 Å². The number of nitrogens with two attached hydrogens (primary N) is 1. The lowest BCUT2D eigenvalue weighted by atomic mass is 10.3. The molecule has 20 heavy (non-hydrogen) atoms. The first-order valence-electron chi connectivity index (χ1n) is 6.15. The molecule has 0 spiro atoms. The maximum absolute atomic E-state index is 11.9. The van der Waals surface area contributed by atoms with Crippen LogP contribution in [0.5, 0.6) is 0 Å². The Labute approximate surface area is 126 Å². The summed E-state index contributed by atoms with van der Waals surface area (Å²) in [5.74, 6) is 5.62. The third-order valence-corrected chi connectivity index (χ3v) is 4.34. The van der Waals surface area contributed by atoms with E-state index < -0.39 is 0 Å². The number of aryl methyl sites for hydroxylation is 1. The lowest BCUT2D eigenvalue weighted by Crippen LogP contribution is -2.25. The van der Waals surface area contributed by atoms with E-state index in [1.165, 1.54) is 11.3 Å². The first kappa shape index (κ1) is 14.7. The Kier molecular flexibility index (Phi) is 5.30. The highest BCUT2D eigenvalue weighted by atomic mass is 32.1. The van der Waals surface area contributed by atoms with Crippen LogP contribution < -0.4 is 11.1 Å². The predicted octanol–water partition coefficient (Wildman–Crippen LogP) is 1.80. The van der Waals surface area contributed by atoms with Gasteiger partial charge in [-0.05, 0) is 13.0 Å². The highest BCUT2D eigenvalue weighted by Crippen LogP contribution is 2.13. The van der Waals surface area contributed by atoms with Crippen molar-refractivity contribution >= 4 is 28.6 Å². The third kappa shape index (κ3) is 4.17. The van der Waals surface area contributed by atoms with E-state index in [4.69, 9.17) is 5.73 Å². The van der Waals surface area contributed by atoms with Gasteiger partial charge in [-0.3, -0.25) is 4.79 Å². The minimum Gasteiger partial charge on any atom is -0.352 e. The Hall–Kier alpha value is -1.68. The van der Waals surface area contributed by atoms with Gasteiger partial charge in [0, 0.05) is 29.4 Å². The lowest BCUT2D eigenvalue weighted by Gasteiger charge is -2.01. The summed E-state index contributed by atoms with van der Waals surface area (Å²) in [7, 11) is 0. The van der Waals surface area contributed by atoms with Gasteiger partial charge >= 0.3 is 0 Å². The second-order valence-corrected chi connectivity index (χ2v) is 5.95. The fourth-order valence-electron chi connectivity index (χ4n) is 1.56. The van der Waals surface area contributed by atoms with Gasteiger partial charge in [0.05, 0.1) is 22.0 Å². The zero-order valence-electron chi connectivity index (χ0n) is 11.1. The molecular formula is C14H15N3OS2. The Balaban J connectivity index is 1.84. The molecule has 2 aromatic rings. The number of thiazole rings is 1. The second kappa shape index (κ2) is 7.20. The van der Waals surface area contributed by atoms with Gasteiger partial charge in [0.25, 0.3) is 5.91 Å². The molecule has 0 fully saturated rings. The molecule has 2 heterocycles. The quantitative estimate of drug-likeness (QED) is 0.846. The van der Waals surface area contributed by atoms with Crippen molar-refractivity contribution in [1.82, 2.24) is 10.3 Å². The van der Waals surface area contributed by atoms with Crippen molar-refractivity contribution in [2.24, 2.45) is 5.73 Å². The van der Waals surface area contributed by atoms with Crippen LogP contribution >= 0.6 is 22.7 Å². The van der Waals surface area contributed by atoms with E-state index in [1.54, 1.807) is 17.4 Å². The summed E-state index contributed by atoms with van der Waals surface area (Å²) in [6.07, 6.45) is 0.758. The number of hydrogen-bond acceptors (Lipinski definition) is 5. The smallest absolute Gasteiger partial charge is 0.252 e. The number of thiophene rings is 1. The van der Waals surface area contributed by atoms with Crippen molar-refractivity contribution in [1.29, 1.82) is 0 Å². The monoisotopic (exact) mass is 305 g/mol. The number of nitrogens with zero attached hydrogens (tertiary/aromatic N) is 1.